The molecule has 1 aliphatic heterocycles. The SMILES string of the molecule is COCCOc1cc(CN2C(=O)CCn3nc(-c4c(Cl)cnn4C(C)C)nc32)ccc1-c1nc(C(F)(F)F)cn1C(C)C. The zero-order valence-corrected chi connectivity index (χ0v) is 25.1. The molecule has 5 rings (SSSR count). The molecule has 0 aliphatic carbocycles. The van der Waals surface area contributed by atoms with Crippen LogP contribution in [0, 0.1) is 0 Å². The van der Waals surface area contributed by atoms with Gasteiger partial charge in [-0.2, -0.15) is 23.3 Å². The number of fused-ring (bicyclic) bond motifs is 1. The minimum Gasteiger partial charge on any atom is -0.490 e. The molecule has 230 valence electrons. The molecule has 0 radical (unpaired) electrons. The van der Waals surface area contributed by atoms with Crippen molar-refractivity contribution in [1.82, 2.24) is 34.1 Å². The van der Waals surface area contributed by atoms with Crippen LogP contribution in [-0.2, 0) is 28.8 Å². The molecule has 0 unspecified atom stereocenters. The lowest BCUT2D eigenvalue weighted by Crippen LogP contribution is -2.37. The molecule has 0 saturated carbocycles. The summed E-state index contributed by atoms with van der Waals surface area (Å²) in [6.45, 7) is 8.39. The van der Waals surface area contributed by atoms with Crippen LogP contribution < -0.4 is 9.64 Å². The Bertz CT molecular complexity index is 1630. The number of amides is 1. The molecule has 0 bridgehead atoms. The van der Waals surface area contributed by atoms with E-state index in [2.05, 4.69) is 20.2 Å². The maximum atomic E-state index is 13.6. The number of benzene rings is 1. The summed E-state index contributed by atoms with van der Waals surface area (Å²) in [4.78, 5) is 23.3. The van der Waals surface area contributed by atoms with E-state index in [0.29, 0.717) is 45.9 Å². The average Bonchev–Trinajstić information content (AvgIpc) is 3.67. The molecule has 1 aliphatic rings. The van der Waals surface area contributed by atoms with Crippen molar-refractivity contribution in [3.8, 4) is 28.7 Å². The molecule has 15 heteroatoms. The molecule has 1 aromatic carbocycles. The molecular formula is C28H32ClF3N8O3. The van der Waals surface area contributed by atoms with Gasteiger partial charge in [-0.25, -0.2) is 9.67 Å². The number of carbonyl (C=O) groups excluding carboxylic acids is 1. The number of aromatic nitrogens is 7. The number of alkyl halides is 3. The highest BCUT2D eigenvalue weighted by Crippen LogP contribution is 2.37. The largest absolute Gasteiger partial charge is 0.490 e. The lowest BCUT2D eigenvalue weighted by molar-refractivity contribution is -0.141. The molecule has 3 aromatic heterocycles. The Morgan fingerprint density at radius 1 is 1.09 bits per heavy atom. The molecule has 43 heavy (non-hydrogen) atoms. The first kappa shape index (κ1) is 30.5. The van der Waals surface area contributed by atoms with E-state index in [1.165, 1.54) is 22.8 Å². The number of methoxy groups -OCH3 is 1. The van der Waals surface area contributed by atoms with Gasteiger partial charge in [0.15, 0.2) is 5.69 Å². The highest BCUT2D eigenvalue weighted by atomic mass is 35.5. The number of rotatable bonds is 10. The first-order valence-electron chi connectivity index (χ1n) is 13.8. The summed E-state index contributed by atoms with van der Waals surface area (Å²) in [5, 5.41) is 9.35. The standard InChI is InChI=1S/C28H32ClF3N8O3/c1-16(2)37-15-22(28(30,31)32)34-26(37)19-7-6-18(12-21(19)43-11-10-42-5)14-38-23(41)8-9-39-27(38)35-25(36-39)24-20(29)13-33-40(24)17(3)4/h6-7,12-13,15-17H,8-11,14H2,1-5H3. The Morgan fingerprint density at radius 3 is 2.53 bits per heavy atom. The van der Waals surface area contributed by atoms with Crippen LogP contribution in [0.1, 0.15) is 57.5 Å². The van der Waals surface area contributed by atoms with Gasteiger partial charge in [-0.05, 0) is 45.4 Å². The van der Waals surface area contributed by atoms with Gasteiger partial charge in [0.05, 0.1) is 36.5 Å². The highest BCUT2D eigenvalue weighted by Gasteiger charge is 2.36. The Balaban J connectivity index is 1.52. The van der Waals surface area contributed by atoms with Gasteiger partial charge in [-0.15, -0.1) is 5.10 Å². The van der Waals surface area contributed by atoms with Crippen LogP contribution in [0.3, 0.4) is 0 Å². The molecule has 4 heterocycles. The van der Waals surface area contributed by atoms with Crippen molar-refractivity contribution < 1.29 is 27.4 Å². The Labute approximate surface area is 251 Å². The maximum Gasteiger partial charge on any atom is 0.434 e. The Morgan fingerprint density at radius 2 is 1.86 bits per heavy atom. The third-order valence-electron chi connectivity index (χ3n) is 6.94. The topological polar surface area (TPSA) is 105 Å². The summed E-state index contributed by atoms with van der Waals surface area (Å²) in [5.41, 5.74) is 0.627. The molecular weight excluding hydrogens is 589 g/mol. The number of nitrogens with zero attached hydrogens (tertiary/aromatic N) is 8. The van der Waals surface area contributed by atoms with Crippen LogP contribution in [0.25, 0.3) is 22.9 Å². The van der Waals surface area contributed by atoms with E-state index < -0.39 is 11.9 Å². The van der Waals surface area contributed by atoms with E-state index in [9.17, 15) is 18.0 Å². The van der Waals surface area contributed by atoms with Gasteiger partial charge in [-0.1, -0.05) is 17.7 Å². The Hall–Kier alpha value is -3.91. The van der Waals surface area contributed by atoms with Crippen LogP contribution in [-0.4, -0.2) is 60.3 Å². The smallest absolute Gasteiger partial charge is 0.434 e. The first-order chi connectivity index (χ1) is 20.4. The van der Waals surface area contributed by atoms with Crippen molar-refractivity contribution in [2.75, 3.05) is 25.2 Å². The van der Waals surface area contributed by atoms with Crippen molar-refractivity contribution >= 4 is 23.5 Å². The number of hydrogen-bond donors (Lipinski definition) is 0. The molecule has 0 spiro atoms. The zero-order chi connectivity index (χ0) is 31.1. The number of carbonyl (C=O) groups is 1. The van der Waals surface area contributed by atoms with E-state index in [0.717, 1.165) is 6.20 Å². The van der Waals surface area contributed by atoms with E-state index in [-0.39, 0.29) is 50.0 Å². The van der Waals surface area contributed by atoms with E-state index >= 15 is 0 Å². The minimum absolute atomic E-state index is 0.00862. The summed E-state index contributed by atoms with van der Waals surface area (Å²) < 4.78 is 56.7. The molecule has 0 fully saturated rings. The van der Waals surface area contributed by atoms with Gasteiger partial charge in [0.1, 0.15) is 23.9 Å². The van der Waals surface area contributed by atoms with Crippen molar-refractivity contribution in [2.45, 2.75) is 65.5 Å². The van der Waals surface area contributed by atoms with Gasteiger partial charge >= 0.3 is 6.18 Å². The zero-order valence-electron chi connectivity index (χ0n) is 24.4. The van der Waals surface area contributed by atoms with E-state index in [1.54, 1.807) is 41.4 Å². The van der Waals surface area contributed by atoms with Gasteiger partial charge < -0.3 is 14.0 Å². The minimum atomic E-state index is -4.60. The molecule has 1 amide bonds. The third kappa shape index (κ3) is 6.11. The number of imidazole rings is 1. The fourth-order valence-corrected chi connectivity index (χ4v) is 5.06. The van der Waals surface area contributed by atoms with Crippen LogP contribution in [0.5, 0.6) is 5.75 Å². The van der Waals surface area contributed by atoms with Crippen LogP contribution in [0.2, 0.25) is 5.02 Å². The predicted molar refractivity (Wildman–Crippen MR) is 153 cm³/mol. The quantitative estimate of drug-likeness (QED) is 0.206. The van der Waals surface area contributed by atoms with Crippen molar-refractivity contribution in [3.05, 3.63) is 46.9 Å². The van der Waals surface area contributed by atoms with Gasteiger partial charge in [0, 0.05) is 31.8 Å². The second kappa shape index (κ2) is 12.0. The predicted octanol–water partition coefficient (Wildman–Crippen LogP) is 5.80. The number of hydrogen-bond acceptors (Lipinski definition) is 7. The van der Waals surface area contributed by atoms with Gasteiger partial charge in [0.25, 0.3) is 0 Å². The van der Waals surface area contributed by atoms with Gasteiger partial charge in [0.2, 0.25) is 17.7 Å². The summed E-state index contributed by atoms with van der Waals surface area (Å²) in [6.07, 6.45) is -1.85. The summed E-state index contributed by atoms with van der Waals surface area (Å²) in [6, 6.07) is 4.81. The number of aryl methyl sites for hydroxylation is 1. The van der Waals surface area contributed by atoms with E-state index in [1.807, 2.05) is 13.8 Å². The molecule has 11 nitrogen and oxygen atoms in total. The fraction of sp³-hybridized carbons (Fsp3) is 0.464. The Kier molecular flexibility index (Phi) is 8.52. The fourth-order valence-electron chi connectivity index (χ4n) is 4.84. The molecule has 0 N–H and O–H groups in total. The number of halogens is 4. The lowest BCUT2D eigenvalue weighted by atomic mass is 10.1. The maximum absolute atomic E-state index is 13.6. The molecule has 0 saturated heterocycles. The molecule has 4 aromatic rings. The normalized spacial score (nSPS) is 13.8. The molecule has 0 atom stereocenters. The van der Waals surface area contributed by atoms with Crippen molar-refractivity contribution in [3.63, 3.8) is 0 Å². The highest BCUT2D eigenvalue weighted by molar-refractivity contribution is 6.32. The lowest BCUT2D eigenvalue weighted by Gasteiger charge is -2.26. The van der Waals surface area contributed by atoms with Crippen LogP contribution in [0.15, 0.2) is 30.6 Å². The van der Waals surface area contributed by atoms with Crippen molar-refractivity contribution in [2.24, 2.45) is 0 Å². The van der Waals surface area contributed by atoms with Crippen molar-refractivity contribution in [1.29, 1.82) is 0 Å². The second-order valence-corrected chi connectivity index (χ2v) is 11.1. The summed E-state index contributed by atoms with van der Waals surface area (Å²) in [5.74, 6) is 1.00. The third-order valence-corrected chi connectivity index (χ3v) is 7.21. The van der Waals surface area contributed by atoms with Gasteiger partial charge in [-0.3, -0.25) is 14.4 Å². The summed E-state index contributed by atoms with van der Waals surface area (Å²) >= 11 is 6.43. The number of anilines is 1. The second-order valence-electron chi connectivity index (χ2n) is 10.7. The van der Waals surface area contributed by atoms with Crippen LogP contribution in [0.4, 0.5) is 19.1 Å². The monoisotopic (exact) mass is 620 g/mol. The van der Waals surface area contributed by atoms with E-state index in [4.69, 9.17) is 21.1 Å². The number of ether oxygens (including phenoxy) is 2. The average molecular weight is 621 g/mol. The summed E-state index contributed by atoms with van der Waals surface area (Å²) in [7, 11) is 1.52. The van der Waals surface area contributed by atoms with Crippen LogP contribution >= 0.6 is 11.6 Å². The first-order valence-corrected chi connectivity index (χ1v) is 14.2.